The highest BCUT2D eigenvalue weighted by Crippen LogP contribution is 2.44. The van der Waals surface area contributed by atoms with Crippen molar-refractivity contribution in [3.63, 3.8) is 0 Å². The summed E-state index contributed by atoms with van der Waals surface area (Å²) >= 11 is 0. The lowest BCUT2D eigenvalue weighted by atomic mass is 9.79. The van der Waals surface area contributed by atoms with Crippen LogP contribution in [0.4, 0.5) is 0 Å². The molecule has 2 bridgehead atoms. The Kier molecular flexibility index (Phi) is 13.4. The summed E-state index contributed by atoms with van der Waals surface area (Å²) in [5.74, 6) is -2.03. The summed E-state index contributed by atoms with van der Waals surface area (Å²) in [7, 11) is 5.33. The van der Waals surface area contributed by atoms with Gasteiger partial charge in [-0.1, -0.05) is 20.8 Å². The highest BCUT2D eigenvalue weighted by molar-refractivity contribution is 5.81. The fourth-order valence-corrected chi connectivity index (χ4v) is 8.61. The molecule has 3 fully saturated rings. The van der Waals surface area contributed by atoms with Crippen molar-refractivity contribution in [3.8, 4) is 0 Å². The number of nitrogens with zero attached hydrogens (tertiary/aromatic N) is 2. The van der Waals surface area contributed by atoms with Gasteiger partial charge in [0.1, 0.15) is 41.7 Å². The lowest BCUT2D eigenvalue weighted by Crippen LogP contribution is -2.60. The Morgan fingerprint density at radius 3 is 2.20 bits per heavy atom. The predicted octanol–water partition coefficient (Wildman–Crippen LogP) is 2.41. The summed E-state index contributed by atoms with van der Waals surface area (Å²) in [5.41, 5.74) is -3.91. The van der Waals surface area contributed by atoms with Crippen LogP contribution in [0.25, 0.3) is 0 Å². The summed E-state index contributed by atoms with van der Waals surface area (Å²) in [4.78, 5) is 20.9. The van der Waals surface area contributed by atoms with Crippen molar-refractivity contribution >= 4 is 11.9 Å². The van der Waals surface area contributed by atoms with Crippen molar-refractivity contribution in [2.24, 2.45) is 22.7 Å². The number of aliphatic hydroxyl groups is 4. The second-order valence-electron chi connectivity index (χ2n) is 16.5. The van der Waals surface area contributed by atoms with Crippen LogP contribution in [0.5, 0.6) is 0 Å². The molecule has 0 saturated carbocycles. The third kappa shape index (κ3) is 8.60. The van der Waals surface area contributed by atoms with E-state index < -0.39 is 96.0 Å². The van der Waals surface area contributed by atoms with Gasteiger partial charge in [-0.15, -0.1) is 0 Å². The first-order valence-electron chi connectivity index (χ1n) is 18.7. The van der Waals surface area contributed by atoms with Gasteiger partial charge in [0, 0.05) is 37.8 Å². The lowest BCUT2D eigenvalue weighted by Gasteiger charge is -2.48. The first-order chi connectivity index (χ1) is 23.6. The molecular weight excluding hydrogens is 664 g/mol. The van der Waals surface area contributed by atoms with Crippen molar-refractivity contribution in [1.29, 1.82) is 0 Å². The van der Waals surface area contributed by atoms with Crippen molar-refractivity contribution in [1.82, 2.24) is 4.90 Å². The summed E-state index contributed by atoms with van der Waals surface area (Å²) in [6.45, 7) is 17.8. The Labute approximate surface area is 304 Å². The molecule has 296 valence electrons. The summed E-state index contributed by atoms with van der Waals surface area (Å²) in [6, 6.07) is -1.04. The van der Waals surface area contributed by atoms with E-state index in [1.54, 1.807) is 34.6 Å². The van der Waals surface area contributed by atoms with E-state index in [-0.39, 0.29) is 30.9 Å². The quantitative estimate of drug-likeness (QED) is 0.281. The van der Waals surface area contributed by atoms with Crippen LogP contribution in [0.2, 0.25) is 0 Å². The van der Waals surface area contributed by atoms with Crippen molar-refractivity contribution < 1.29 is 58.4 Å². The molecule has 18 unspecified atom stereocenters. The molecule has 0 aromatic heterocycles. The molecule has 4 heterocycles. The fourth-order valence-electron chi connectivity index (χ4n) is 8.61. The van der Waals surface area contributed by atoms with Crippen molar-refractivity contribution in [2.75, 3.05) is 21.2 Å². The molecule has 4 rings (SSSR count). The number of fused-ring (bicyclic) bond motifs is 2. The predicted molar refractivity (Wildman–Crippen MR) is 188 cm³/mol. The molecule has 0 aliphatic carbocycles. The van der Waals surface area contributed by atoms with E-state index in [0.717, 1.165) is 0 Å². The Balaban J connectivity index is 1.85. The minimum absolute atomic E-state index is 0.163. The van der Waals surface area contributed by atoms with Crippen molar-refractivity contribution in [3.05, 3.63) is 0 Å². The van der Waals surface area contributed by atoms with Crippen LogP contribution < -0.4 is 0 Å². The minimum atomic E-state index is -1.84. The zero-order chi connectivity index (χ0) is 38.4. The average molecular weight is 731 g/mol. The number of hydrogen-bond acceptors (Lipinski definition) is 14. The van der Waals surface area contributed by atoms with E-state index in [0.29, 0.717) is 18.7 Å². The van der Waals surface area contributed by atoms with Gasteiger partial charge in [0.05, 0.1) is 35.9 Å². The second kappa shape index (κ2) is 16.1. The summed E-state index contributed by atoms with van der Waals surface area (Å²) in [5, 5.41) is 45.5. The molecule has 14 nitrogen and oxygen atoms in total. The van der Waals surface area contributed by atoms with Gasteiger partial charge in [0.2, 0.25) is 0 Å². The molecule has 18 atom stereocenters. The van der Waals surface area contributed by atoms with Crippen LogP contribution in [-0.4, -0.2) is 149 Å². The first kappa shape index (κ1) is 42.3. The Morgan fingerprint density at radius 1 is 0.961 bits per heavy atom. The first-order valence-corrected chi connectivity index (χ1v) is 18.7. The number of rotatable bonds is 7. The summed E-state index contributed by atoms with van der Waals surface area (Å²) < 4.78 is 44.5. The van der Waals surface area contributed by atoms with Gasteiger partial charge in [-0.3, -0.25) is 4.79 Å². The lowest BCUT2D eigenvalue weighted by molar-refractivity contribution is -0.315. The van der Waals surface area contributed by atoms with Crippen LogP contribution in [0, 0.1) is 17.8 Å². The Morgan fingerprint density at radius 2 is 1.61 bits per heavy atom. The second-order valence-corrected chi connectivity index (χ2v) is 16.5. The molecular formula is C37H66N2O12. The number of esters is 1. The van der Waals surface area contributed by atoms with Gasteiger partial charge >= 0.3 is 5.97 Å². The standard InChI is InChI=1S/C37H66N2O12/c1-14-25-37(10,44)29(41)22(6)38-32-18(2)16-36(9,51-32)31(50-34-27(40)24(39(11)12)15-19(3)46-34)20(4)28(21(5)33(43)48-25)49-26-17-35(8,45-13)30(42)23(7)47-26/h18-31,34,40-42,44H,14-17H2,1-13H3. The SMILES string of the molecule is CCC1OC(=O)C(C)C(OC2CC(C)(OC)C(O)C(C)O2)C(C)C(OC2OC(C)CC(N(C)C)C2O)C2(C)CC(C)C(=NC(C)C(O)C1(C)O)O2. The average Bonchev–Trinajstić information content (AvgIpc) is 3.35. The van der Waals surface area contributed by atoms with Crippen LogP contribution in [0.15, 0.2) is 4.99 Å². The number of cyclic esters (lactones) is 1. The number of hydrogen-bond donors (Lipinski definition) is 4. The fraction of sp³-hybridized carbons (Fsp3) is 0.946. The maximum Gasteiger partial charge on any atom is 0.311 e. The van der Waals surface area contributed by atoms with Crippen molar-refractivity contribution in [2.45, 2.75) is 185 Å². The maximum atomic E-state index is 14.2. The van der Waals surface area contributed by atoms with Crippen LogP contribution in [-0.2, 0) is 38.0 Å². The number of carbonyl (C=O) groups excluding carboxylic acids is 1. The summed E-state index contributed by atoms with van der Waals surface area (Å²) in [6.07, 6.45) is -7.53. The zero-order valence-electron chi connectivity index (χ0n) is 32.9. The molecule has 4 aliphatic rings. The Hall–Kier alpha value is -1.46. The van der Waals surface area contributed by atoms with Gasteiger partial charge < -0.3 is 58.5 Å². The monoisotopic (exact) mass is 730 g/mol. The van der Waals surface area contributed by atoms with E-state index in [9.17, 15) is 25.2 Å². The normalized spacial score (nSPS) is 50.3. The molecule has 3 saturated heterocycles. The topological polar surface area (TPSA) is 178 Å². The largest absolute Gasteiger partial charge is 0.472 e. The molecule has 0 aromatic carbocycles. The number of ether oxygens (including phenoxy) is 7. The minimum Gasteiger partial charge on any atom is -0.472 e. The molecule has 14 heteroatoms. The van der Waals surface area contributed by atoms with E-state index in [4.69, 9.17) is 38.2 Å². The van der Waals surface area contributed by atoms with Gasteiger partial charge in [-0.25, -0.2) is 4.99 Å². The molecule has 4 N–H and O–H groups in total. The van der Waals surface area contributed by atoms with Gasteiger partial charge in [0.25, 0.3) is 0 Å². The van der Waals surface area contributed by atoms with E-state index in [1.807, 2.05) is 46.7 Å². The highest BCUT2D eigenvalue weighted by atomic mass is 16.7. The van der Waals surface area contributed by atoms with Crippen LogP contribution in [0.3, 0.4) is 0 Å². The van der Waals surface area contributed by atoms with E-state index in [1.165, 1.54) is 14.0 Å². The van der Waals surface area contributed by atoms with Gasteiger partial charge in [0.15, 0.2) is 18.5 Å². The number of aliphatic hydroxyl groups excluding tert-OH is 3. The van der Waals surface area contributed by atoms with Crippen LogP contribution >= 0.6 is 0 Å². The molecule has 51 heavy (non-hydrogen) atoms. The third-order valence-electron chi connectivity index (χ3n) is 11.9. The molecule has 0 radical (unpaired) electrons. The Bertz CT molecular complexity index is 1220. The molecule has 0 aromatic rings. The van der Waals surface area contributed by atoms with Crippen LogP contribution in [0.1, 0.15) is 94.9 Å². The molecule has 4 aliphatic heterocycles. The number of aliphatic imine (C=N–C) groups is 1. The highest BCUT2D eigenvalue weighted by Gasteiger charge is 2.56. The zero-order valence-corrected chi connectivity index (χ0v) is 32.9. The van der Waals surface area contributed by atoms with Gasteiger partial charge in [-0.2, -0.15) is 0 Å². The van der Waals surface area contributed by atoms with E-state index >= 15 is 0 Å². The molecule has 0 spiro atoms. The number of carbonyl (C=O) groups is 1. The molecule has 0 amide bonds. The maximum absolute atomic E-state index is 14.2. The van der Waals surface area contributed by atoms with Gasteiger partial charge in [-0.05, 0) is 75.4 Å². The number of likely N-dealkylation sites (N-methyl/N-ethyl adjacent to an activating group) is 1. The number of methoxy groups -OCH3 is 1. The third-order valence-corrected chi connectivity index (χ3v) is 11.9. The smallest absolute Gasteiger partial charge is 0.311 e. The van der Waals surface area contributed by atoms with E-state index in [2.05, 4.69) is 0 Å².